The summed E-state index contributed by atoms with van der Waals surface area (Å²) in [6.07, 6.45) is 0. The fourth-order valence-corrected chi connectivity index (χ4v) is 2.71. The van der Waals surface area contributed by atoms with Gasteiger partial charge in [0.15, 0.2) is 0 Å². The Morgan fingerprint density at radius 1 is 1.10 bits per heavy atom. The molecule has 0 bridgehead atoms. The molecule has 2 aromatic rings. The van der Waals surface area contributed by atoms with E-state index in [0.717, 1.165) is 23.6 Å². The number of fused-ring (bicyclic) bond motifs is 1. The minimum atomic E-state index is 0.733. The molecule has 2 aromatic carbocycles. The summed E-state index contributed by atoms with van der Waals surface area (Å²) in [5, 5.41) is 9.26. The Hall–Kier alpha value is -2.47. The van der Waals surface area contributed by atoms with Crippen molar-refractivity contribution in [2.45, 2.75) is 13.8 Å². The molecule has 0 fully saturated rings. The van der Waals surface area contributed by atoms with E-state index in [1.54, 1.807) is 0 Å². The Morgan fingerprint density at radius 3 is 2.60 bits per heavy atom. The highest BCUT2D eigenvalue weighted by molar-refractivity contribution is 5.86. The zero-order valence-corrected chi connectivity index (χ0v) is 12.0. The molecule has 0 N–H and O–H groups in total. The lowest BCUT2D eigenvalue weighted by Gasteiger charge is -2.20. The van der Waals surface area contributed by atoms with Gasteiger partial charge in [0.25, 0.3) is 0 Å². The van der Waals surface area contributed by atoms with Crippen molar-refractivity contribution in [3.8, 4) is 6.07 Å². The van der Waals surface area contributed by atoms with Crippen molar-refractivity contribution in [3.63, 3.8) is 0 Å². The predicted molar refractivity (Wildman–Crippen MR) is 82.5 cm³/mol. The maximum atomic E-state index is 9.26. The van der Waals surface area contributed by atoms with E-state index in [1.165, 1.54) is 16.8 Å². The molecule has 0 saturated carbocycles. The SMILES string of the molecule is Cc1ccc(N2CN(C)c3c(C#N)cccc32)cc1C. The van der Waals surface area contributed by atoms with Gasteiger partial charge in [0.1, 0.15) is 6.07 Å². The fourth-order valence-electron chi connectivity index (χ4n) is 2.71. The molecule has 1 aliphatic heterocycles. The van der Waals surface area contributed by atoms with Crippen molar-refractivity contribution in [2.75, 3.05) is 23.5 Å². The summed E-state index contributed by atoms with van der Waals surface area (Å²) >= 11 is 0. The first-order valence-corrected chi connectivity index (χ1v) is 6.71. The molecule has 0 unspecified atom stereocenters. The van der Waals surface area contributed by atoms with Crippen LogP contribution < -0.4 is 9.80 Å². The van der Waals surface area contributed by atoms with E-state index in [-0.39, 0.29) is 0 Å². The van der Waals surface area contributed by atoms with E-state index in [9.17, 15) is 5.26 Å². The smallest absolute Gasteiger partial charge is 0.101 e. The summed E-state index contributed by atoms with van der Waals surface area (Å²) in [4.78, 5) is 4.38. The molecule has 1 heterocycles. The van der Waals surface area contributed by atoms with Gasteiger partial charge in [-0.15, -0.1) is 0 Å². The summed E-state index contributed by atoms with van der Waals surface area (Å²) < 4.78 is 0. The van der Waals surface area contributed by atoms with E-state index in [1.807, 2.05) is 19.2 Å². The molecule has 0 aliphatic carbocycles. The van der Waals surface area contributed by atoms with Gasteiger partial charge in [0.05, 0.1) is 23.6 Å². The number of rotatable bonds is 1. The maximum Gasteiger partial charge on any atom is 0.101 e. The average Bonchev–Trinajstić information content (AvgIpc) is 2.79. The number of nitrogens with zero attached hydrogens (tertiary/aromatic N) is 3. The maximum absolute atomic E-state index is 9.26. The minimum Gasteiger partial charge on any atom is -0.354 e. The fraction of sp³-hybridized carbons (Fsp3) is 0.235. The largest absolute Gasteiger partial charge is 0.354 e. The quantitative estimate of drug-likeness (QED) is 0.785. The molecule has 0 radical (unpaired) electrons. The molecule has 0 saturated heterocycles. The van der Waals surface area contributed by atoms with Crippen LogP contribution in [0, 0.1) is 25.2 Å². The number of hydrogen-bond donors (Lipinski definition) is 0. The van der Waals surface area contributed by atoms with Gasteiger partial charge in [-0.05, 0) is 49.2 Å². The minimum absolute atomic E-state index is 0.733. The van der Waals surface area contributed by atoms with Gasteiger partial charge in [0, 0.05) is 12.7 Å². The monoisotopic (exact) mass is 263 g/mol. The molecule has 0 atom stereocenters. The van der Waals surface area contributed by atoms with E-state index in [0.29, 0.717) is 0 Å². The predicted octanol–water partition coefficient (Wildman–Crippen LogP) is 3.72. The van der Waals surface area contributed by atoms with Crippen LogP contribution in [-0.4, -0.2) is 13.7 Å². The van der Waals surface area contributed by atoms with Crippen LogP contribution in [0.25, 0.3) is 0 Å². The molecule has 3 heteroatoms. The molecule has 3 nitrogen and oxygen atoms in total. The standard InChI is InChI=1S/C17H17N3/c1-12-7-8-15(9-13(12)2)20-11-19(3)17-14(10-18)5-4-6-16(17)20/h4-9H,11H2,1-3H3. The number of nitriles is 1. The third kappa shape index (κ3) is 1.81. The highest BCUT2D eigenvalue weighted by atomic mass is 15.4. The number of anilines is 3. The Bertz CT molecular complexity index is 713. The summed E-state index contributed by atoms with van der Waals surface area (Å²) in [6.45, 7) is 5.03. The number of para-hydroxylation sites is 1. The second-order valence-corrected chi connectivity index (χ2v) is 5.32. The molecule has 1 aliphatic rings. The zero-order valence-electron chi connectivity index (χ0n) is 12.0. The molecule has 0 aromatic heterocycles. The van der Waals surface area contributed by atoms with E-state index >= 15 is 0 Å². The lowest BCUT2D eigenvalue weighted by atomic mass is 10.1. The van der Waals surface area contributed by atoms with Gasteiger partial charge in [-0.2, -0.15) is 5.26 Å². The van der Waals surface area contributed by atoms with Crippen molar-refractivity contribution in [2.24, 2.45) is 0 Å². The number of benzene rings is 2. The van der Waals surface area contributed by atoms with Crippen molar-refractivity contribution in [1.29, 1.82) is 5.26 Å². The molecular weight excluding hydrogens is 246 g/mol. The first-order valence-electron chi connectivity index (χ1n) is 6.71. The molecular formula is C17H17N3. The Labute approximate surface area is 119 Å². The van der Waals surface area contributed by atoms with E-state index < -0.39 is 0 Å². The number of aryl methyl sites for hydroxylation is 2. The molecule has 3 rings (SSSR count). The van der Waals surface area contributed by atoms with Crippen LogP contribution in [0.15, 0.2) is 36.4 Å². The highest BCUT2D eigenvalue weighted by Crippen LogP contribution is 2.41. The Morgan fingerprint density at radius 2 is 1.90 bits per heavy atom. The average molecular weight is 263 g/mol. The van der Waals surface area contributed by atoms with Crippen molar-refractivity contribution in [3.05, 3.63) is 53.1 Å². The van der Waals surface area contributed by atoms with E-state index in [2.05, 4.69) is 54.0 Å². The normalized spacial score (nSPS) is 13.3. The summed E-state index contributed by atoms with van der Waals surface area (Å²) in [5.74, 6) is 0. The third-order valence-corrected chi connectivity index (χ3v) is 3.96. The van der Waals surface area contributed by atoms with Crippen LogP contribution in [0.5, 0.6) is 0 Å². The first kappa shape index (κ1) is 12.6. The highest BCUT2D eigenvalue weighted by Gasteiger charge is 2.26. The lowest BCUT2D eigenvalue weighted by molar-refractivity contribution is 0.947. The first-order chi connectivity index (χ1) is 9.61. The second kappa shape index (κ2) is 4.57. The van der Waals surface area contributed by atoms with Crippen LogP contribution in [0.2, 0.25) is 0 Å². The van der Waals surface area contributed by atoms with Gasteiger partial charge in [-0.1, -0.05) is 12.1 Å². The topological polar surface area (TPSA) is 30.3 Å². The Balaban J connectivity index is 2.12. The van der Waals surface area contributed by atoms with Crippen molar-refractivity contribution < 1.29 is 0 Å². The molecule has 100 valence electrons. The van der Waals surface area contributed by atoms with Crippen molar-refractivity contribution in [1.82, 2.24) is 0 Å². The number of hydrogen-bond acceptors (Lipinski definition) is 3. The molecule has 20 heavy (non-hydrogen) atoms. The van der Waals surface area contributed by atoms with Crippen molar-refractivity contribution >= 4 is 17.1 Å². The van der Waals surface area contributed by atoms with Crippen LogP contribution in [-0.2, 0) is 0 Å². The van der Waals surface area contributed by atoms with Gasteiger partial charge < -0.3 is 9.80 Å². The summed E-state index contributed by atoms with van der Waals surface area (Å²) in [7, 11) is 2.03. The van der Waals surface area contributed by atoms with Crippen LogP contribution in [0.4, 0.5) is 17.1 Å². The molecule has 0 spiro atoms. The van der Waals surface area contributed by atoms with Gasteiger partial charge in [0.2, 0.25) is 0 Å². The van der Waals surface area contributed by atoms with Gasteiger partial charge in [-0.3, -0.25) is 0 Å². The molecule has 0 amide bonds. The van der Waals surface area contributed by atoms with E-state index in [4.69, 9.17) is 0 Å². The third-order valence-electron chi connectivity index (χ3n) is 3.96. The van der Waals surface area contributed by atoms with Gasteiger partial charge >= 0.3 is 0 Å². The van der Waals surface area contributed by atoms with Gasteiger partial charge in [-0.25, -0.2) is 0 Å². The summed E-state index contributed by atoms with van der Waals surface area (Å²) in [5.41, 5.74) is 6.62. The summed E-state index contributed by atoms with van der Waals surface area (Å²) in [6, 6.07) is 14.7. The lowest BCUT2D eigenvalue weighted by Crippen LogP contribution is -2.24. The second-order valence-electron chi connectivity index (χ2n) is 5.32. The Kier molecular flexibility index (Phi) is 2.87. The van der Waals surface area contributed by atoms with Crippen LogP contribution in [0.1, 0.15) is 16.7 Å². The van der Waals surface area contributed by atoms with Crippen LogP contribution in [0.3, 0.4) is 0 Å². The van der Waals surface area contributed by atoms with Crippen LogP contribution >= 0.6 is 0 Å². The zero-order chi connectivity index (χ0) is 14.3.